The molecule has 2 heteroatoms. The van der Waals surface area contributed by atoms with Gasteiger partial charge in [-0.3, -0.25) is 0 Å². The molecular formula is C8H18N2. The van der Waals surface area contributed by atoms with Crippen LogP contribution in [0.5, 0.6) is 0 Å². The Morgan fingerprint density at radius 2 is 2.00 bits per heavy atom. The van der Waals surface area contributed by atoms with Crippen LogP contribution in [0.15, 0.2) is 0 Å². The lowest BCUT2D eigenvalue weighted by Gasteiger charge is -2.18. The zero-order chi connectivity index (χ0) is 7.56. The average Bonchev–Trinajstić information content (AvgIpc) is 2.34. The summed E-state index contributed by atoms with van der Waals surface area (Å²) in [5.74, 6) is 0. The van der Waals surface area contributed by atoms with Crippen LogP contribution in [0.3, 0.4) is 0 Å². The van der Waals surface area contributed by atoms with E-state index in [1.54, 1.807) is 0 Å². The van der Waals surface area contributed by atoms with Gasteiger partial charge in [0.1, 0.15) is 0 Å². The summed E-state index contributed by atoms with van der Waals surface area (Å²) >= 11 is 0. The van der Waals surface area contributed by atoms with Crippen molar-refractivity contribution in [2.24, 2.45) is 0 Å². The van der Waals surface area contributed by atoms with Crippen molar-refractivity contribution in [2.75, 3.05) is 21.1 Å². The third-order valence-electron chi connectivity index (χ3n) is 2.54. The molecule has 0 aromatic carbocycles. The molecule has 1 aliphatic rings. The molecule has 1 unspecified atom stereocenters. The maximum absolute atomic E-state index is 3.32. The molecule has 10 heavy (non-hydrogen) atoms. The number of hydrogen-bond acceptors (Lipinski definition) is 2. The van der Waals surface area contributed by atoms with Gasteiger partial charge in [-0.2, -0.15) is 0 Å². The standard InChI is InChI=1S/C8H18N2/c1-9-7-4-5-8(6-7)10(2)3/h7-9H,4-6H2,1-3H3/t7?,8-/m1/s1. The lowest BCUT2D eigenvalue weighted by molar-refractivity contribution is 0.294. The van der Waals surface area contributed by atoms with Gasteiger partial charge >= 0.3 is 0 Å². The minimum Gasteiger partial charge on any atom is -0.317 e. The summed E-state index contributed by atoms with van der Waals surface area (Å²) in [6.07, 6.45) is 4.03. The van der Waals surface area contributed by atoms with E-state index < -0.39 is 0 Å². The molecule has 60 valence electrons. The van der Waals surface area contributed by atoms with Gasteiger partial charge in [0.05, 0.1) is 0 Å². The smallest absolute Gasteiger partial charge is 0.0105 e. The lowest BCUT2D eigenvalue weighted by Crippen LogP contribution is -2.28. The molecule has 1 N–H and O–H groups in total. The number of nitrogens with one attached hydrogen (secondary N) is 1. The first-order valence-electron chi connectivity index (χ1n) is 4.07. The highest BCUT2D eigenvalue weighted by Crippen LogP contribution is 2.21. The zero-order valence-electron chi connectivity index (χ0n) is 7.22. The molecule has 0 aromatic heterocycles. The zero-order valence-corrected chi connectivity index (χ0v) is 7.22. The van der Waals surface area contributed by atoms with Gasteiger partial charge < -0.3 is 10.2 Å². The third kappa shape index (κ3) is 1.70. The predicted molar refractivity (Wildman–Crippen MR) is 44.2 cm³/mol. The maximum atomic E-state index is 3.32. The molecule has 0 radical (unpaired) electrons. The molecule has 1 saturated carbocycles. The molecule has 1 rings (SSSR count). The van der Waals surface area contributed by atoms with E-state index in [-0.39, 0.29) is 0 Å². The molecule has 0 aliphatic heterocycles. The van der Waals surface area contributed by atoms with Crippen LogP contribution in [0.2, 0.25) is 0 Å². The van der Waals surface area contributed by atoms with Crippen molar-refractivity contribution in [3.05, 3.63) is 0 Å². The Hall–Kier alpha value is -0.0800. The van der Waals surface area contributed by atoms with Gasteiger partial charge in [-0.15, -0.1) is 0 Å². The van der Waals surface area contributed by atoms with E-state index in [0.717, 1.165) is 12.1 Å². The molecule has 0 spiro atoms. The number of nitrogens with zero attached hydrogens (tertiary/aromatic N) is 1. The largest absolute Gasteiger partial charge is 0.317 e. The Morgan fingerprint density at radius 1 is 1.30 bits per heavy atom. The van der Waals surface area contributed by atoms with Gasteiger partial charge in [-0.05, 0) is 40.4 Å². The van der Waals surface area contributed by atoms with E-state index in [1.165, 1.54) is 19.3 Å². The molecule has 1 fully saturated rings. The quantitative estimate of drug-likeness (QED) is 0.610. The van der Waals surface area contributed by atoms with Crippen LogP contribution in [0.1, 0.15) is 19.3 Å². The monoisotopic (exact) mass is 142 g/mol. The highest BCUT2D eigenvalue weighted by molar-refractivity contribution is 4.83. The fraction of sp³-hybridized carbons (Fsp3) is 1.00. The Bertz CT molecular complexity index is 101. The highest BCUT2D eigenvalue weighted by atomic mass is 15.1. The van der Waals surface area contributed by atoms with E-state index in [2.05, 4.69) is 31.4 Å². The Kier molecular flexibility index (Phi) is 2.69. The Labute approximate surface area is 63.6 Å². The first kappa shape index (κ1) is 8.02. The summed E-state index contributed by atoms with van der Waals surface area (Å²) in [5.41, 5.74) is 0. The van der Waals surface area contributed by atoms with Gasteiger partial charge in [0.2, 0.25) is 0 Å². The molecule has 2 nitrogen and oxygen atoms in total. The van der Waals surface area contributed by atoms with Crippen LogP contribution >= 0.6 is 0 Å². The van der Waals surface area contributed by atoms with E-state index in [9.17, 15) is 0 Å². The minimum absolute atomic E-state index is 0.771. The van der Waals surface area contributed by atoms with Crippen molar-refractivity contribution < 1.29 is 0 Å². The van der Waals surface area contributed by atoms with Gasteiger partial charge in [0.25, 0.3) is 0 Å². The van der Waals surface area contributed by atoms with Crippen LogP contribution in [-0.4, -0.2) is 38.1 Å². The Morgan fingerprint density at radius 3 is 2.30 bits per heavy atom. The molecule has 1 aliphatic carbocycles. The fourth-order valence-corrected chi connectivity index (χ4v) is 1.69. The van der Waals surface area contributed by atoms with Gasteiger partial charge in [0, 0.05) is 12.1 Å². The normalized spacial score (nSPS) is 33.6. The molecule has 0 heterocycles. The minimum atomic E-state index is 0.771. The van der Waals surface area contributed by atoms with E-state index >= 15 is 0 Å². The van der Waals surface area contributed by atoms with Crippen LogP contribution in [0.25, 0.3) is 0 Å². The van der Waals surface area contributed by atoms with Crippen LogP contribution in [0, 0.1) is 0 Å². The topological polar surface area (TPSA) is 15.3 Å². The van der Waals surface area contributed by atoms with E-state index in [1.807, 2.05) is 0 Å². The van der Waals surface area contributed by atoms with Gasteiger partial charge in [-0.1, -0.05) is 0 Å². The first-order valence-corrected chi connectivity index (χ1v) is 4.07. The van der Waals surface area contributed by atoms with Crippen molar-refractivity contribution >= 4 is 0 Å². The first-order chi connectivity index (χ1) is 4.74. The summed E-state index contributed by atoms with van der Waals surface area (Å²) in [6.45, 7) is 0. The second-order valence-corrected chi connectivity index (χ2v) is 3.42. The van der Waals surface area contributed by atoms with Crippen molar-refractivity contribution in [1.82, 2.24) is 10.2 Å². The van der Waals surface area contributed by atoms with E-state index in [0.29, 0.717) is 0 Å². The molecule has 0 bridgehead atoms. The lowest BCUT2D eigenvalue weighted by atomic mass is 10.2. The second kappa shape index (κ2) is 3.35. The Balaban J connectivity index is 2.28. The van der Waals surface area contributed by atoms with E-state index in [4.69, 9.17) is 0 Å². The SMILES string of the molecule is CNC1CC[C@@H](N(C)C)C1. The molecule has 2 atom stereocenters. The molecule has 0 saturated heterocycles. The molecular weight excluding hydrogens is 124 g/mol. The van der Waals surface area contributed by atoms with Crippen LogP contribution in [-0.2, 0) is 0 Å². The fourth-order valence-electron chi connectivity index (χ4n) is 1.69. The average molecular weight is 142 g/mol. The number of hydrogen-bond donors (Lipinski definition) is 1. The van der Waals surface area contributed by atoms with Crippen molar-refractivity contribution in [1.29, 1.82) is 0 Å². The summed E-state index contributed by atoms with van der Waals surface area (Å²) in [7, 11) is 6.40. The summed E-state index contributed by atoms with van der Waals surface area (Å²) in [6, 6.07) is 1.59. The maximum Gasteiger partial charge on any atom is 0.0105 e. The van der Waals surface area contributed by atoms with Gasteiger partial charge in [0.15, 0.2) is 0 Å². The highest BCUT2D eigenvalue weighted by Gasteiger charge is 2.24. The second-order valence-electron chi connectivity index (χ2n) is 3.42. The van der Waals surface area contributed by atoms with Crippen LogP contribution in [0.4, 0.5) is 0 Å². The third-order valence-corrected chi connectivity index (χ3v) is 2.54. The summed E-state index contributed by atoms with van der Waals surface area (Å²) in [5, 5.41) is 3.32. The molecule has 0 aromatic rings. The summed E-state index contributed by atoms with van der Waals surface area (Å²) < 4.78 is 0. The van der Waals surface area contributed by atoms with Crippen molar-refractivity contribution in [3.63, 3.8) is 0 Å². The van der Waals surface area contributed by atoms with Crippen LogP contribution < -0.4 is 5.32 Å². The molecule has 0 amide bonds. The number of rotatable bonds is 2. The van der Waals surface area contributed by atoms with Crippen molar-refractivity contribution in [3.8, 4) is 0 Å². The van der Waals surface area contributed by atoms with Crippen molar-refractivity contribution in [2.45, 2.75) is 31.3 Å². The predicted octanol–water partition coefficient (Wildman–Crippen LogP) is 0.688. The van der Waals surface area contributed by atoms with Gasteiger partial charge in [-0.25, -0.2) is 0 Å². The summed E-state index contributed by atoms with van der Waals surface area (Å²) in [4.78, 5) is 2.33.